The van der Waals surface area contributed by atoms with Crippen molar-refractivity contribution in [2.24, 2.45) is 11.3 Å². The van der Waals surface area contributed by atoms with E-state index in [-0.39, 0.29) is 0 Å². The van der Waals surface area contributed by atoms with E-state index in [0.717, 1.165) is 11.3 Å². The molecule has 0 spiro atoms. The molecular weight excluding hydrogens is 224 g/mol. The van der Waals surface area contributed by atoms with Crippen LogP contribution in [0.5, 0.6) is 0 Å². The molecule has 0 aromatic heterocycles. The molecule has 0 saturated heterocycles. The molecule has 0 heterocycles. The van der Waals surface area contributed by atoms with Gasteiger partial charge in [0.2, 0.25) is 0 Å². The highest BCUT2D eigenvalue weighted by molar-refractivity contribution is 9.10. The van der Waals surface area contributed by atoms with Crippen molar-refractivity contribution < 1.29 is 0 Å². The Kier molecular flexibility index (Phi) is 2.51. The first-order chi connectivity index (χ1) is 6.04. The van der Waals surface area contributed by atoms with E-state index in [2.05, 4.69) is 29.8 Å². The van der Waals surface area contributed by atoms with Crippen LogP contribution in [0.3, 0.4) is 0 Å². The third-order valence-corrected chi connectivity index (χ3v) is 5.34. The Hall–Kier alpha value is 0.480. The molecule has 0 aromatic carbocycles. The zero-order valence-electron chi connectivity index (χ0n) is 8.91. The van der Waals surface area contributed by atoms with Gasteiger partial charge in [-0.1, -0.05) is 29.8 Å². The van der Waals surface area contributed by atoms with E-state index >= 15 is 0 Å². The van der Waals surface area contributed by atoms with Gasteiger partial charge in [0.1, 0.15) is 0 Å². The molecule has 3 fully saturated rings. The Balaban J connectivity index is 2.03. The number of hydrogen-bond donors (Lipinski definition) is 0. The Labute approximate surface area is 90.6 Å². The van der Waals surface area contributed by atoms with Gasteiger partial charge in [-0.05, 0) is 56.3 Å². The normalized spacial score (nSPS) is 44.3. The second kappa shape index (κ2) is 3.25. The highest BCUT2D eigenvalue weighted by Crippen LogP contribution is 2.58. The maximum atomic E-state index is 3.92. The van der Waals surface area contributed by atoms with Crippen molar-refractivity contribution in [1.29, 1.82) is 0 Å². The highest BCUT2D eigenvalue weighted by atomic mass is 79.9. The van der Waals surface area contributed by atoms with E-state index in [4.69, 9.17) is 0 Å². The standard InChI is InChI=1S/C12H21Br/c1-10(2)9-11-3-6-12(13,7-4-11)8-5-11/h10H,3-9H2,1-2H3. The summed E-state index contributed by atoms with van der Waals surface area (Å²) in [7, 11) is 0. The molecule has 76 valence electrons. The van der Waals surface area contributed by atoms with Crippen molar-refractivity contribution >= 4 is 15.9 Å². The van der Waals surface area contributed by atoms with Gasteiger partial charge >= 0.3 is 0 Å². The molecule has 0 N–H and O–H groups in total. The summed E-state index contributed by atoms with van der Waals surface area (Å²) in [5, 5.41) is 0. The fourth-order valence-electron chi connectivity index (χ4n) is 3.39. The van der Waals surface area contributed by atoms with Crippen LogP contribution >= 0.6 is 15.9 Å². The number of halogens is 1. The Bertz CT molecular complexity index is 171. The third kappa shape index (κ3) is 1.95. The number of fused-ring (bicyclic) bond motifs is 3. The molecule has 2 bridgehead atoms. The average molecular weight is 245 g/mol. The van der Waals surface area contributed by atoms with E-state index in [0.29, 0.717) is 4.32 Å². The van der Waals surface area contributed by atoms with Gasteiger partial charge in [0.05, 0.1) is 0 Å². The molecule has 0 aromatic rings. The first-order valence-electron chi connectivity index (χ1n) is 5.73. The second-order valence-electron chi connectivity index (χ2n) is 5.75. The minimum absolute atomic E-state index is 0.561. The van der Waals surface area contributed by atoms with Crippen molar-refractivity contribution in [2.75, 3.05) is 0 Å². The number of alkyl halides is 1. The predicted octanol–water partition coefficient (Wildman–Crippen LogP) is 4.52. The summed E-state index contributed by atoms with van der Waals surface area (Å²) in [4.78, 5) is 0. The molecule has 0 nitrogen and oxygen atoms in total. The number of hydrogen-bond acceptors (Lipinski definition) is 0. The van der Waals surface area contributed by atoms with E-state index in [1.54, 1.807) is 0 Å². The first kappa shape index (κ1) is 10.0. The van der Waals surface area contributed by atoms with Crippen LogP contribution in [-0.4, -0.2) is 4.32 Å². The van der Waals surface area contributed by atoms with Gasteiger partial charge in [0.15, 0.2) is 0 Å². The van der Waals surface area contributed by atoms with Crippen LogP contribution in [0.15, 0.2) is 0 Å². The summed E-state index contributed by atoms with van der Waals surface area (Å²) in [6.07, 6.45) is 10.2. The maximum Gasteiger partial charge on any atom is 0.0258 e. The Morgan fingerprint density at radius 2 is 1.46 bits per heavy atom. The van der Waals surface area contributed by atoms with Crippen LogP contribution in [0.25, 0.3) is 0 Å². The summed E-state index contributed by atoms with van der Waals surface area (Å²) in [6, 6.07) is 0. The lowest BCUT2D eigenvalue weighted by Crippen LogP contribution is -2.42. The SMILES string of the molecule is CC(C)CC12CCC(Br)(CC1)CC2. The van der Waals surface area contributed by atoms with Crippen LogP contribution < -0.4 is 0 Å². The fourth-order valence-corrected chi connectivity index (χ4v) is 3.98. The smallest absolute Gasteiger partial charge is 0.0258 e. The molecule has 0 amide bonds. The molecule has 0 radical (unpaired) electrons. The maximum absolute atomic E-state index is 3.92. The number of rotatable bonds is 2. The third-order valence-electron chi connectivity index (χ3n) is 4.15. The van der Waals surface area contributed by atoms with Gasteiger partial charge in [-0.2, -0.15) is 0 Å². The van der Waals surface area contributed by atoms with Crippen molar-refractivity contribution in [1.82, 2.24) is 0 Å². The first-order valence-corrected chi connectivity index (χ1v) is 6.52. The van der Waals surface area contributed by atoms with E-state index in [9.17, 15) is 0 Å². The molecule has 3 aliphatic carbocycles. The van der Waals surface area contributed by atoms with Crippen LogP contribution in [0.1, 0.15) is 58.8 Å². The zero-order chi connectivity index (χ0) is 9.53. The minimum atomic E-state index is 0.561. The lowest BCUT2D eigenvalue weighted by atomic mass is 9.58. The molecule has 3 rings (SSSR count). The summed E-state index contributed by atoms with van der Waals surface area (Å²) in [5.74, 6) is 0.890. The van der Waals surface area contributed by atoms with Crippen LogP contribution in [0, 0.1) is 11.3 Å². The summed E-state index contributed by atoms with van der Waals surface area (Å²) in [5.41, 5.74) is 0.754. The molecule has 3 saturated carbocycles. The van der Waals surface area contributed by atoms with E-state index in [1.807, 2.05) is 0 Å². The average Bonchev–Trinajstić information content (AvgIpc) is 2.07. The van der Waals surface area contributed by atoms with E-state index in [1.165, 1.54) is 44.9 Å². The topological polar surface area (TPSA) is 0 Å². The van der Waals surface area contributed by atoms with Crippen LogP contribution in [-0.2, 0) is 0 Å². The molecule has 3 aliphatic rings. The van der Waals surface area contributed by atoms with Gasteiger partial charge in [0.25, 0.3) is 0 Å². The fraction of sp³-hybridized carbons (Fsp3) is 1.00. The summed E-state index contributed by atoms with van der Waals surface area (Å²) in [6.45, 7) is 4.75. The van der Waals surface area contributed by atoms with Crippen molar-refractivity contribution in [3.63, 3.8) is 0 Å². The van der Waals surface area contributed by atoms with Gasteiger partial charge in [-0.15, -0.1) is 0 Å². The quantitative estimate of drug-likeness (QED) is 0.627. The Morgan fingerprint density at radius 3 is 1.85 bits per heavy atom. The lowest BCUT2D eigenvalue weighted by Gasteiger charge is -2.52. The van der Waals surface area contributed by atoms with Crippen molar-refractivity contribution in [2.45, 2.75) is 63.1 Å². The molecule has 0 atom stereocenters. The summed E-state index contributed by atoms with van der Waals surface area (Å²) < 4.78 is 0.561. The minimum Gasteiger partial charge on any atom is -0.0853 e. The van der Waals surface area contributed by atoms with Gasteiger partial charge in [0, 0.05) is 4.32 Å². The zero-order valence-corrected chi connectivity index (χ0v) is 10.5. The Morgan fingerprint density at radius 1 is 1.00 bits per heavy atom. The molecule has 0 unspecified atom stereocenters. The summed E-state index contributed by atoms with van der Waals surface area (Å²) >= 11 is 3.92. The van der Waals surface area contributed by atoms with Crippen molar-refractivity contribution in [3.05, 3.63) is 0 Å². The lowest BCUT2D eigenvalue weighted by molar-refractivity contribution is 0.0630. The van der Waals surface area contributed by atoms with E-state index < -0.39 is 0 Å². The molecule has 0 aliphatic heterocycles. The van der Waals surface area contributed by atoms with Crippen LogP contribution in [0.2, 0.25) is 0 Å². The second-order valence-corrected chi connectivity index (χ2v) is 7.43. The van der Waals surface area contributed by atoms with Crippen molar-refractivity contribution in [3.8, 4) is 0 Å². The van der Waals surface area contributed by atoms with Crippen LogP contribution in [0.4, 0.5) is 0 Å². The molecular formula is C12H21Br. The van der Waals surface area contributed by atoms with Gasteiger partial charge < -0.3 is 0 Å². The van der Waals surface area contributed by atoms with Gasteiger partial charge in [-0.3, -0.25) is 0 Å². The van der Waals surface area contributed by atoms with Gasteiger partial charge in [-0.25, -0.2) is 0 Å². The predicted molar refractivity (Wildman–Crippen MR) is 61.2 cm³/mol. The molecule has 13 heavy (non-hydrogen) atoms. The monoisotopic (exact) mass is 244 g/mol. The molecule has 1 heteroatoms. The largest absolute Gasteiger partial charge is 0.0853 e. The highest BCUT2D eigenvalue weighted by Gasteiger charge is 2.46.